The highest BCUT2D eigenvalue weighted by molar-refractivity contribution is 5.80. The van der Waals surface area contributed by atoms with Crippen LogP contribution in [0.4, 0.5) is 0 Å². The van der Waals surface area contributed by atoms with Crippen LogP contribution in [0.2, 0.25) is 0 Å². The minimum absolute atomic E-state index is 1.11. The Bertz CT molecular complexity index is 496. The largest absolute Gasteiger partial charge is 0.345 e. The molecule has 19 heavy (non-hydrogen) atoms. The van der Waals surface area contributed by atoms with Crippen molar-refractivity contribution in [3.63, 3.8) is 0 Å². The minimum atomic E-state index is 1.11. The van der Waals surface area contributed by atoms with Crippen molar-refractivity contribution >= 4 is 5.57 Å². The molecule has 102 valence electrons. The number of aromatic amines is 1. The van der Waals surface area contributed by atoms with Crippen molar-refractivity contribution in [2.24, 2.45) is 0 Å². The molecule has 1 aliphatic carbocycles. The molecule has 2 heteroatoms. The lowest BCUT2D eigenvalue weighted by molar-refractivity contribution is 0.975. The number of H-pyrrole nitrogens is 1. The molecule has 0 saturated carbocycles. The number of hydrogen-bond acceptors (Lipinski definition) is 1. The lowest BCUT2D eigenvalue weighted by atomic mass is 9.89. The Kier molecular flexibility index (Phi) is 6.65. The van der Waals surface area contributed by atoms with Gasteiger partial charge in [0.1, 0.15) is 0 Å². The van der Waals surface area contributed by atoms with Crippen LogP contribution in [0, 0.1) is 0 Å². The van der Waals surface area contributed by atoms with E-state index in [9.17, 15) is 0 Å². The second-order valence-corrected chi connectivity index (χ2v) is 3.78. The molecule has 0 saturated heterocycles. The predicted molar refractivity (Wildman–Crippen MR) is 83.1 cm³/mol. The van der Waals surface area contributed by atoms with Crippen LogP contribution in [-0.2, 0) is 6.42 Å². The van der Waals surface area contributed by atoms with Crippen molar-refractivity contribution in [3.05, 3.63) is 59.7 Å². The van der Waals surface area contributed by atoms with Gasteiger partial charge in [0.05, 0.1) is 18.2 Å². The Morgan fingerprint density at radius 3 is 2.47 bits per heavy atom. The smallest absolute Gasteiger partial charge is 0.0924 e. The molecule has 0 fully saturated rings. The molecule has 0 radical (unpaired) electrons. The van der Waals surface area contributed by atoms with Crippen LogP contribution in [0.15, 0.2) is 42.9 Å². The summed E-state index contributed by atoms with van der Waals surface area (Å²) in [6.45, 7) is 8.00. The lowest BCUT2D eigenvalue weighted by Crippen LogP contribution is -2.00. The summed E-state index contributed by atoms with van der Waals surface area (Å²) in [5.41, 5.74) is 5.18. The van der Waals surface area contributed by atoms with Crippen molar-refractivity contribution in [1.82, 2.24) is 9.97 Å². The highest BCUT2D eigenvalue weighted by atomic mass is 14.9. The van der Waals surface area contributed by atoms with Gasteiger partial charge in [-0.3, -0.25) is 0 Å². The van der Waals surface area contributed by atoms with Crippen LogP contribution >= 0.6 is 0 Å². The van der Waals surface area contributed by atoms with Crippen LogP contribution in [0.25, 0.3) is 5.57 Å². The molecule has 1 aromatic heterocycles. The summed E-state index contributed by atoms with van der Waals surface area (Å²) in [6.07, 6.45) is 8.16. The SMILES string of the molecule is C1=C(c2cnc[nH]2)c2ccccc2CC1.CC.CC. The monoisotopic (exact) mass is 256 g/mol. The van der Waals surface area contributed by atoms with Crippen LogP contribution < -0.4 is 0 Å². The second-order valence-electron chi connectivity index (χ2n) is 3.78. The summed E-state index contributed by atoms with van der Waals surface area (Å²) in [4.78, 5) is 7.24. The third-order valence-corrected chi connectivity index (χ3v) is 2.86. The molecule has 1 aromatic carbocycles. The molecule has 0 bridgehead atoms. The van der Waals surface area contributed by atoms with Gasteiger partial charge in [0, 0.05) is 5.57 Å². The van der Waals surface area contributed by atoms with E-state index in [1.165, 1.54) is 16.7 Å². The van der Waals surface area contributed by atoms with E-state index < -0.39 is 0 Å². The van der Waals surface area contributed by atoms with Crippen molar-refractivity contribution in [1.29, 1.82) is 0 Å². The Morgan fingerprint density at radius 1 is 1.05 bits per heavy atom. The number of allylic oxidation sites excluding steroid dienone is 1. The fourth-order valence-corrected chi connectivity index (χ4v) is 2.14. The number of rotatable bonds is 1. The van der Waals surface area contributed by atoms with Gasteiger partial charge in [-0.15, -0.1) is 0 Å². The molecule has 0 amide bonds. The Hall–Kier alpha value is -1.83. The lowest BCUT2D eigenvalue weighted by Gasteiger charge is -2.16. The molecule has 0 spiro atoms. The van der Waals surface area contributed by atoms with E-state index >= 15 is 0 Å². The minimum Gasteiger partial charge on any atom is -0.345 e. The van der Waals surface area contributed by atoms with Crippen molar-refractivity contribution in [2.75, 3.05) is 0 Å². The summed E-state index contributed by atoms with van der Waals surface area (Å²) < 4.78 is 0. The molecule has 0 atom stereocenters. The summed E-state index contributed by atoms with van der Waals surface area (Å²) in [6, 6.07) is 8.59. The molecular weight excluding hydrogens is 232 g/mol. The van der Waals surface area contributed by atoms with Gasteiger partial charge in [-0.05, 0) is 24.0 Å². The first kappa shape index (κ1) is 15.2. The highest BCUT2D eigenvalue weighted by Gasteiger charge is 2.13. The van der Waals surface area contributed by atoms with E-state index in [0.717, 1.165) is 18.5 Å². The van der Waals surface area contributed by atoms with E-state index in [2.05, 4.69) is 40.3 Å². The molecule has 1 aliphatic rings. The first-order valence-corrected chi connectivity index (χ1v) is 7.22. The van der Waals surface area contributed by atoms with Crippen molar-refractivity contribution in [3.8, 4) is 0 Å². The van der Waals surface area contributed by atoms with Gasteiger partial charge in [-0.1, -0.05) is 58.0 Å². The van der Waals surface area contributed by atoms with Crippen LogP contribution in [0.3, 0.4) is 0 Å². The summed E-state index contributed by atoms with van der Waals surface area (Å²) in [5, 5.41) is 0. The van der Waals surface area contributed by atoms with Gasteiger partial charge in [0.15, 0.2) is 0 Å². The fourth-order valence-electron chi connectivity index (χ4n) is 2.14. The van der Waals surface area contributed by atoms with Gasteiger partial charge in [-0.25, -0.2) is 4.98 Å². The van der Waals surface area contributed by atoms with E-state index in [4.69, 9.17) is 0 Å². The number of benzene rings is 1. The molecule has 0 unspecified atom stereocenters. The van der Waals surface area contributed by atoms with Crippen LogP contribution in [-0.4, -0.2) is 9.97 Å². The maximum absolute atomic E-state index is 4.07. The fraction of sp³-hybridized carbons (Fsp3) is 0.353. The summed E-state index contributed by atoms with van der Waals surface area (Å²) in [7, 11) is 0. The molecule has 3 rings (SSSR count). The van der Waals surface area contributed by atoms with E-state index in [1.54, 1.807) is 6.33 Å². The van der Waals surface area contributed by atoms with Gasteiger partial charge in [-0.2, -0.15) is 0 Å². The zero-order chi connectivity index (χ0) is 14.1. The number of aryl methyl sites for hydroxylation is 1. The third-order valence-electron chi connectivity index (χ3n) is 2.86. The molecule has 0 aliphatic heterocycles. The van der Waals surface area contributed by atoms with E-state index in [1.807, 2.05) is 33.9 Å². The molecule has 1 heterocycles. The second kappa shape index (κ2) is 8.30. The molecular formula is C17H24N2. The summed E-state index contributed by atoms with van der Waals surface area (Å²) >= 11 is 0. The Balaban J connectivity index is 0.000000415. The van der Waals surface area contributed by atoms with Gasteiger partial charge >= 0.3 is 0 Å². The average molecular weight is 256 g/mol. The quantitative estimate of drug-likeness (QED) is 0.777. The Labute approximate surface area is 116 Å². The number of imidazole rings is 1. The maximum atomic E-state index is 4.07. The molecule has 2 nitrogen and oxygen atoms in total. The highest BCUT2D eigenvalue weighted by Crippen LogP contribution is 2.29. The first-order chi connectivity index (χ1) is 9.45. The average Bonchev–Trinajstić information content (AvgIpc) is 3.05. The number of aromatic nitrogens is 2. The normalized spacial score (nSPS) is 12.1. The van der Waals surface area contributed by atoms with E-state index in [0.29, 0.717) is 0 Å². The number of hydrogen-bond donors (Lipinski definition) is 1. The predicted octanol–water partition coefficient (Wildman–Crippen LogP) is 4.84. The standard InChI is InChI=1S/C13H12N2.2C2H6/c1-2-6-11-10(4-1)5-3-7-12(11)13-8-14-9-15-13;2*1-2/h1-2,4,6-9H,3,5H2,(H,14,15);2*1-2H3. The Morgan fingerprint density at radius 2 is 1.79 bits per heavy atom. The first-order valence-electron chi connectivity index (χ1n) is 7.22. The van der Waals surface area contributed by atoms with Crippen LogP contribution in [0.5, 0.6) is 0 Å². The zero-order valence-electron chi connectivity index (χ0n) is 12.4. The van der Waals surface area contributed by atoms with E-state index in [-0.39, 0.29) is 0 Å². The molecule has 2 aromatic rings. The number of nitrogens with zero attached hydrogens (tertiary/aromatic N) is 1. The summed E-state index contributed by atoms with van der Waals surface area (Å²) in [5.74, 6) is 0. The van der Waals surface area contributed by atoms with Gasteiger partial charge in [0.25, 0.3) is 0 Å². The van der Waals surface area contributed by atoms with Crippen molar-refractivity contribution in [2.45, 2.75) is 40.5 Å². The van der Waals surface area contributed by atoms with Gasteiger partial charge in [0.2, 0.25) is 0 Å². The van der Waals surface area contributed by atoms with Crippen LogP contribution in [0.1, 0.15) is 50.9 Å². The molecule has 1 N–H and O–H groups in total. The topological polar surface area (TPSA) is 28.7 Å². The van der Waals surface area contributed by atoms with Gasteiger partial charge < -0.3 is 4.98 Å². The third kappa shape index (κ3) is 3.57. The zero-order valence-corrected chi connectivity index (χ0v) is 12.4. The number of nitrogens with one attached hydrogen (secondary N) is 1. The number of fused-ring (bicyclic) bond motifs is 1. The maximum Gasteiger partial charge on any atom is 0.0924 e. The van der Waals surface area contributed by atoms with Crippen molar-refractivity contribution < 1.29 is 0 Å².